The summed E-state index contributed by atoms with van der Waals surface area (Å²) in [6.45, 7) is 0.209. The summed E-state index contributed by atoms with van der Waals surface area (Å²) >= 11 is 0. The van der Waals surface area contributed by atoms with Crippen LogP contribution in [0.15, 0.2) is 60.8 Å². The lowest BCUT2D eigenvalue weighted by Gasteiger charge is -2.19. The number of pyridine rings is 1. The van der Waals surface area contributed by atoms with Gasteiger partial charge in [-0.15, -0.1) is 0 Å². The minimum absolute atomic E-state index is 0.0199. The molecule has 1 aliphatic rings. The highest BCUT2D eigenvalue weighted by Gasteiger charge is 2.36. The smallest absolute Gasteiger partial charge is 0.229 e. The third-order valence-electron chi connectivity index (χ3n) is 4.98. The van der Waals surface area contributed by atoms with E-state index in [1.807, 2.05) is 0 Å². The fourth-order valence-electron chi connectivity index (χ4n) is 3.43. The van der Waals surface area contributed by atoms with Crippen molar-refractivity contribution in [2.24, 2.45) is 5.92 Å². The first kappa shape index (κ1) is 21.2. The number of benzene rings is 2. The van der Waals surface area contributed by atoms with Crippen molar-refractivity contribution >= 4 is 23.2 Å². The predicted octanol–water partition coefficient (Wildman–Crippen LogP) is 4.15. The summed E-state index contributed by atoms with van der Waals surface area (Å²) in [6, 6.07) is 13.0. The first-order valence-electron chi connectivity index (χ1n) is 9.78. The second kappa shape index (κ2) is 9.01. The maximum absolute atomic E-state index is 13.8. The van der Waals surface area contributed by atoms with Gasteiger partial charge in [0, 0.05) is 37.0 Å². The minimum atomic E-state index is -0.873. The maximum Gasteiger partial charge on any atom is 0.229 e. The molecule has 3 aromatic rings. The Morgan fingerprint density at radius 1 is 1.12 bits per heavy atom. The first-order chi connectivity index (χ1) is 15.4. The molecule has 1 aliphatic heterocycles. The van der Waals surface area contributed by atoms with Crippen LogP contribution >= 0.6 is 0 Å². The average molecular weight is 439 g/mol. The predicted molar refractivity (Wildman–Crippen MR) is 113 cm³/mol. The van der Waals surface area contributed by atoms with Crippen LogP contribution in [0.2, 0.25) is 0 Å². The van der Waals surface area contributed by atoms with Gasteiger partial charge in [0.2, 0.25) is 17.7 Å². The van der Waals surface area contributed by atoms with Crippen molar-refractivity contribution in [2.45, 2.75) is 6.42 Å². The number of rotatable bonds is 6. The zero-order valence-corrected chi connectivity index (χ0v) is 17.0. The lowest BCUT2D eigenvalue weighted by molar-refractivity contribution is -0.122. The summed E-state index contributed by atoms with van der Waals surface area (Å²) in [6.07, 6.45) is 1.44. The molecule has 1 saturated heterocycles. The summed E-state index contributed by atoms with van der Waals surface area (Å²) in [5, 5.41) is 2.73. The van der Waals surface area contributed by atoms with Crippen molar-refractivity contribution in [3.63, 3.8) is 0 Å². The Morgan fingerprint density at radius 3 is 2.72 bits per heavy atom. The monoisotopic (exact) mass is 439 g/mol. The molecule has 1 N–H and O–H groups in total. The summed E-state index contributed by atoms with van der Waals surface area (Å²) < 4.78 is 37.5. The molecular weight excluding hydrogens is 420 g/mol. The van der Waals surface area contributed by atoms with Crippen LogP contribution in [0, 0.1) is 17.6 Å². The Balaban J connectivity index is 1.44. The molecule has 1 fully saturated rings. The van der Waals surface area contributed by atoms with Crippen LogP contribution < -0.4 is 19.7 Å². The highest BCUT2D eigenvalue weighted by Crippen LogP contribution is 2.33. The molecule has 32 heavy (non-hydrogen) atoms. The number of carbonyl (C=O) groups is 2. The van der Waals surface area contributed by atoms with E-state index in [4.69, 9.17) is 9.47 Å². The number of hydrogen-bond acceptors (Lipinski definition) is 5. The van der Waals surface area contributed by atoms with Gasteiger partial charge in [-0.25, -0.2) is 13.8 Å². The molecule has 0 aliphatic carbocycles. The molecule has 1 atom stereocenters. The number of nitrogens with one attached hydrogen (secondary N) is 1. The van der Waals surface area contributed by atoms with Gasteiger partial charge in [0.25, 0.3) is 0 Å². The van der Waals surface area contributed by atoms with Gasteiger partial charge < -0.3 is 19.7 Å². The van der Waals surface area contributed by atoms with Gasteiger partial charge in [-0.3, -0.25) is 9.59 Å². The quantitative estimate of drug-likeness (QED) is 0.624. The summed E-state index contributed by atoms with van der Waals surface area (Å²) in [4.78, 5) is 30.8. The number of anilines is 2. The highest BCUT2D eigenvalue weighted by atomic mass is 19.1. The second-order valence-corrected chi connectivity index (χ2v) is 7.13. The Kier molecular flexibility index (Phi) is 5.98. The van der Waals surface area contributed by atoms with Crippen molar-refractivity contribution in [3.8, 4) is 17.4 Å². The average Bonchev–Trinajstić information content (AvgIpc) is 3.17. The molecule has 2 heterocycles. The van der Waals surface area contributed by atoms with Gasteiger partial charge in [-0.05, 0) is 30.3 Å². The van der Waals surface area contributed by atoms with Crippen molar-refractivity contribution in [1.82, 2.24) is 4.98 Å². The van der Waals surface area contributed by atoms with Crippen LogP contribution in [0.25, 0.3) is 0 Å². The molecule has 0 saturated carbocycles. The standard InChI is InChI=1S/C23H19F2N3O4/c1-31-20-5-3-2-4-18(20)28-13-14(10-22(28)29)23(30)27-16-8-9-26-21(12-16)32-19-7-6-15(24)11-17(19)25/h2-9,11-12,14H,10,13H2,1H3,(H,26,27,30). The van der Waals surface area contributed by atoms with Gasteiger partial charge in [0.05, 0.1) is 18.7 Å². The number of para-hydroxylation sites is 2. The molecule has 4 rings (SSSR count). The number of halogens is 2. The number of hydrogen-bond donors (Lipinski definition) is 1. The molecule has 0 bridgehead atoms. The number of nitrogens with zero attached hydrogens (tertiary/aromatic N) is 2. The highest BCUT2D eigenvalue weighted by molar-refractivity contribution is 6.04. The van der Waals surface area contributed by atoms with E-state index in [1.165, 1.54) is 24.3 Å². The van der Waals surface area contributed by atoms with Gasteiger partial charge in [0.1, 0.15) is 11.6 Å². The van der Waals surface area contributed by atoms with E-state index in [2.05, 4.69) is 10.3 Å². The fraction of sp³-hybridized carbons (Fsp3) is 0.174. The van der Waals surface area contributed by atoms with E-state index >= 15 is 0 Å². The molecule has 1 aromatic heterocycles. The molecule has 2 aromatic carbocycles. The van der Waals surface area contributed by atoms with Crippen molar-refractivity contribution in [1.29, 1.82) is 0 Å². The molecule has 7 nitrogen and oxygen atoms in total. The van der Waals surface area contributed by atoms with Crippen LogP contribution in [0.5, 0.6) is 17.4 Å². The van der Waals surface area contributed by atoms with Crippen LogP contribution in [0.4, 0.5) is 20.2 Å². The number of ether oxygens (including phenoxy) is 2. The van der Waals surface area contributed by atoms with Crippen LogP contribution in [0.3, 0.4) is 0 Å². The molecule has 164 valence electrons. The number of amides is 2. The minimum Gasteiger partial charge on any atom is -0.495 e. The first-order valence-corrected chi connectivity index (χ1v) is 9.78. The Bertz CT molecular complexity index is 1170. The second-order valence-electron chi connectivity index (χ2n) is 7.13. The number of aromatic nitrogens is 1. The van der Waals surface area contributed by atoms with E-state index in [9.17, 15) is 18.4 Å². The molecule has 0 spiro atoms. The van der Waals surface area contributed by atoms with Gasteiger partial charge in [-0.1, -0.05) is 12.1 Å². The van der Waals surface area contributed by atoms with Crippen LogP contribution in [-0.4, -0.2) is 30.5 Å². The third kappa shape index (κ3) is 4.51. The SMILES string of the molecule is COc1ccccc1N1CC(C(=O)Nc2ccnc(Oc3ccc(F)cc3F)c2)CC1=O. The summed E-state index contributed by atoms with van der Waals surface area (Å²) in [7, 11) is 1.52. The van der Waals surface area contributed by atoms with E-state index in [0.29, 0.717) is 23.2 Å². The molecule has 1 unspecified atom stereocenters. The third-order valence-corrected chi connectivity index (χ3v) is 4.98. The van der Waals surface area contributed by atoms with E-state index < -0.39 is 17.6 Å². The van der Waals surface area contributed by atoms with Crippen LogP contribution in [0.1, 0.15) is 6.42 Å². The zero-order valence-electron chi connectivity index (χ0n) is 17.0. The van der Waals surface area contributed by atoms with Crippen LogP contribution in [-0.2, 0) is 9.59 Å². The Morgan fingerprint density at radius 2 is 1.94 bits per heavy atom. The zero-order chi connectivity index (χ0) is 22.7. The van der Waals surface area contributed by atoms with Gasteiger partial charge >= 0.3 is 0 Å². The lowest BCUT2D eigenvalue weighted by atomic mass is 10.1. The van der Waals surface area contributed by atoms with E-state index in [-0.39, 0.29) is 36.4 Å². The molecule has 0 radical (unpaired) electrons. The number of carbonyl (C=O) groups excluding carboxylic acids is 2. The molecule has 2 amide bonds. The summed E-state index contributed by atoms with van der Waals surface area (Å²) in [5.74, 6) is -2.33. The molecule has 9 heteroatoms. The van der Waals surface area contributed by atoms with E-state index in [1.54, 1.807) is 30.3 Å². The Hall–Kier alpha value is -4.01. The summed E-state index contributed by atoms with van der Waals surface area (Å²) in [5.41, 5.74) is 0.974. The lowest BCUT2D eigenvalue weighted by Crippen LogP contribution is -2.28. The van der Waals surface area contributed by atoms with Gasteiger partial charge in [-0.2, -0.15) is 0 Å². The molecular formula is C23H19F2N3O4. The van der Waals surface area contributed by atoms with Crippen molar-refractivity contribution < 1.29 is 27.8 Å². The van der Waals surface area contributed by atoms with Crippen molar-refractivity contribution in [2.75, 3.05) is 23.9 Å². The normalized spacial score (nSPS) is 15.5. The van der Waals surface area contributed by atoms with Crippen molar-refractivity contribution in [3.05, 3.63) is 72.4 Å². The maximum atomic E-state index is 13.8. The number of methoxy groups -OCH3 is 1. The van der Waals surface area contributed by atoms with Gasteiger partial charge in [0.15, 0.2) is 11.6 Å². The van der Waals surface area contributed by atoms with E-state index in [0.717, 1.165) is 12.1 Å². The topological polar surface area (TPSA) is 80.8 Å². The largest absolute Gasteiger partial charge is 0.495 e. The Labute approximate surface area is 182 Å². The fourth-order valence-corrected chi connectivity index (χ4v) is 3.43.